The number of hydrogen-bond acceptors (Lipinski definition) is 6. The number of rotatable bonds is 52. The smallest absolute Gasteiger partial charge is 0.306 e. The molecule has 0 rings (SSSR count). The molecule has 380 valence electrons. The molecule has 1 atom stereocenters. The Morgan fingerprint density at radius 2 is 0.508 bits per heavy atom. The number of hydrogen-bond donors (Lipinski definition) is 0. The third kappa shape index (κ3) is 52.5. The SMILES string of the molecule is CCCCCCCCC=CCCCCCCCCCC(=O)OC[C@@H](COC(=O)CCCCCCCC=CCCCCCCCC)OC(=O)CCCCCCCC=CCCCCCCCC. The van der Waals surface area contributed by atoms with Gasteiger partial charge in [-0.25, -0.2) is 0 Å². The third-order valence-electron chi connectivity index (χ3n) is 12.6. The third-order valence-corrected chi connectivity index (χ3v) is 12.6. The van der Waals surface area contributed by atoms with E-state index in [2.05, 4.69) is 57.2 Å². The van der Waals surface area contributed by atoms with Crippen LogP contribution in [0.25, 0.3) is 0 Å². The lowest BCUT2D eigenvalue weighted by molar-refractivity contribution is -0.167. The first-order valence-corrected chi connectivity index (χ1v) is 28.5. The van der Waals surface area contributed by atoms with Crippen LogP contribution in [0, 0.1) is 0 Å². The van der Waals surface area contributed by atoms with Crippen LogP contribution in [0.15, 0.2) is 36.5 Å². The minimum absolute atomic E-state index is 0.0783. The summed E-state index contributed by atoms with van der Waals surface area (Å²) in [6, 6.07) is 0. The second-order valence-corrected chi connectivity index (χ2v) is 19.2. The quantitative estimate of drug-likeness (QED) is 0.0262. The average molecular weight is 914 g/mol. The fourth-order valence-electron chi connectivity index (χ4n) is 8.25. The predicted octanol–water partition coefficient (Wildman–Crippen LogP) is 18.9. The molecule has 0 radical (unpaired) electrons. The topological polar surface area (TPSA) is 78.9 Å². The molecule has 0 aromatic carbocycles. The minimum Gasteiger partial charge on any atom is -0.462 e. The molecule has 0 aliphatic rings. The average Bonchev–Trinajstić information content (AvgIpc) is 3.30. The number of carbonyl (C=O) groups excluding carboxylic acids is 3. The summed E-state index contributed by atoms with van der Waals surface area (Å²) in [6.45, 7) is 6.64. The molecule has 0 N–H and O–H groups in total. The van der Waals surface area contributed by atoms with Crippen molar-refractivity contribution >= 4 is 17.9 Å². The van der Waals surface area contributed by atoms with Gasteiger partial charge in [0.05, 0.1) is 0 Å². The van der Waals surface area contributed by atoms with Crippen LogP contribution >= 0.6 is 0 Å². The van der Waals surface area contributed by atoms with Gasteiger partial charge in [0, 0.05) is 19.3 Å². The molecule has 0 amide bonds. The molecule has 0 aliphatic carbocycles. The first-order chi connectivity index (χ1) is 32.0. The number of carbonyl (C=O) groups is 3. The van der Waals surface area contributed by atoms with Crippen molar-refractivity contribution in [3.63, 3.8) is 0 Å². The van der Waals surface area contributed by atoms with Crippen molar-refractivity contribution in [2.24, 2.45) is 0 Å². The summed E-state index contributed by atoms with van der Waals surface area (Å²) in [5, 5.41) is 0. The maximum Gasteiger partial charge on any atom is 0.306 e. The second-order valence-electron chi connectivity index (χ2n) is 19.2. The van der Waals surface area contributed by atoms with E-state index in [9.17, 15) is 14.4 Å². The Bertz CT molecular complexity index is 1090. The van der Waals surface area contributed by atoms with Gasteiger partial charge >= 0.3 is 17.9 Å². The summed E-state index contributed by atoms with van der Waals surface area (Å²) in [6.07, 6.45) is 64.1. The Morgan fingerprint density at radius 3 is 0.769 bits per heavy atom. The summed E-state index contributed by atoms with van der Waals surface area (Å²) in [5.74, 6) is -0.885. The molecule has 6 nitrogen and oxygen atoms in total. The maximum atomic E-state index is 12.8. The Kier molecular flexibility index (Phi) is 52.3. The largest absolute Gasteiger partial charge is 0.462 e. The second kappa shape index (κ2) is 54.2. The lowest BCUT2D eigenvalue weighted by Crippen LogP contribution is -2.30. The highest BCUT2D eigenvalue weighted by molar-refractivity contribution is 5.71. The van der Waals surface area contributed by atoms with Gasteiger partial charge in [0.25, 0.3) is 0 Å². The van der Waals surface area contributed by atoms with Crippen LogP contribution in [-0.4, -0.2) is 37.2 Å². The zero-order valence-corrected chi connectivity index (χ0v) is 43.5. The number of esters is 3. The van der Waals surface area contributed by atoms with Gasteiger partial charge in [0.2, 0.25) is 0 Å². The van der Waals surface area contributed by atoms with Crippen LogP contribution in [0.2, 0.25) is 0 Å². The molecule has 0 aromatic heterocycles. The van der Waals surface area contributed by atoms with E-state index in [4.69, 9.17) is 14.2 Å². The summed E-state index contributed by atoms with van der Waals surface area (Å²) < 4.78 is 16.9. The zero-order valence-electron chi connectivity index (χ0n) is 43.5. The van der Waals surface area contributed by atoms with E-state index in [0.717, 1.165) is 70.6 Å². The highest BCUT2D eigenvalue weighted by Gasteiger charge is 2.19. The Morgan fingerprint density at radius 1 is 0.292 bits per heavy atom. The van der Waals surface area contributed by atoms with Crippen molar-refractivity contribution in [3.8, 4) is 0 Å². The molecule has 0 heterocycles. The first kappa shape index (κ1) is 62.6. The van der Waals surface area contributed by atoms with E-state index in [1.807, 2.05) is 0 Å². The van der Waals surface area contributed by atoms with Crippen molar-refractivity contribution in [1.29, 1.82) is 0 Å². The maximum absolute atomic E-state index is 12.8. The fraction of sp³-hybridized carbons (Fsp3) is 0.847. The summed E-state index contributed by atoms with van der Waals surface area (Å²) in [5.41, 5.74) is 0. The van der Waals surface area contributed by atoms with Crippen LogP contribution in [0.5, 0.6) is 0 Å². The Hall–Kier alpha value is -2.37. The van der Waals surface area contributed by atoms with E-state index in [1.54, 1.807) is 0 Å². The molecule has 0 aliphatic heterocycles. The van der Waals surface area contributed by atoms with Gasteiger partial charge in [-0.15, -0.1) is 0 Å². The lowest BCUT2D eigenvalue weighted by Gasteiger charge is -2.18. The molecule has 0 unspecified atom stereocenters. The highest BCUT2D eigenvalue weighted by atomic mass is 16.6. The normalized spacial score (nSPS) is 12.2. The highest BCUT2D eigenvalue weighted by Crippen LogP contribution is 2.15. The monoisotopic (exact) mass is 913 g/mol. The Balaban J connectivity index is 4.38. The van der Waals surface area contributed by atoms with Crippen molar-refractivity contribution in [1.82, 2.24) is 0 Å². The van der Waals surface area contributed by atoms with Crippen LogP contribution in [-0.2, 0) is 28.6 Å². The number of ether oxygens (including phenoxy) is 3. The summed E-state index contributed by atoms with van der Waals surface area (Å²) in [7, 11) is 0. The minimum atomic E-state index is -0.780. The molecule has 0 fully saturated rings. The zero-order chi connectivity index (χ0) is 47.2. The van der Waals surface area contributed by atoms with Crippen molar-refractivity contribution in [3.05, 3.63) is 36.5 Å². The molecule has 65 heavy (non-hydrogen) atoms. The first-order valence-electron chi connectivity index (χ1n) is 28.5. The van der Waals surface area contributed by atoms with Crippen molar-refractivity contribution in [2.75, 3.05) is 13.2 Å². The van der Waals surface area contributed by atoms with Gasteiger partial charge in [-0.2, -0.15) is 0 Å². The van der Waals surface area contributed by atoms with E-state index < -0.39 is 6.10 Å². The van der Waals surface area contributed by atoms with Crippen LogP contribution < -0.4 is 0 Å². The summed E-state index contributed by atoms with van der Waals surface area (Å²) in [4.78, 5) is 38.1. The number of unbranched alkanes of at least 4 members (excludes halogenated alkanes) is 35. The number of allylic oxidation sites excluding steroid dienone is 6. The van der Waals surface area contributed by atoms with Gasteiger partial charge in [0.1, 0.15) is 13.2 Å². The molecule has 0 saturated carbocycles. The van der Waals surface area contributed by atoms with E-state index in [1.165, 1.54) is 193 Å². The molecule has 6 heteroatoms. The standard InChI is InChI=1S/C59H108O6/c1-4-7-10-13-16-19-22-25-28-29-32-34-37-40-43-46-49-52-58(61)64-55-56(65-59(62)53-50-47-44-41-38-35-31-27-24-21-18-15-12-9-6-3)54-63-57(60)51-48-45-42-39-36-33-30-26-23-20-17-14-11-8-5-2/h25-28,30-31,56H,4-24,29,32-55H2,1-3H3/t56-/m1/s1. The Labute approximate surface area is 404 Å². The van der Waals surface area contributed by atoms with Gasteiger partial charge in [-0.1, -0.05) is 224 Å². The molecule has 0 aromatic rings. The van der Waals surface area contributed by atoms with Crippen LogP contribution in [0.4, 0.5) is 0 Å². The summed E-state index contributed by atoms with van der Waals surface area (Å²) >= 11 is 0. The van der Waals surface area contributed by atoms with E-state index in [-0.39, 0.29) is 31.1 Å². The van der Waals surface area contributed by atoms with E-state index in [0.29, 0.717) is 19.3 Å². The predicted molar refractivity (Wildman–Crippen MR) is 279 cm³/mol. The molecule has 0 saturated heterocycles. The fourth-order valence-corrected chi connectivity index (χ4v) is 8.25. The molecular weight excluding hydrogens is 805 g/mol. The molecule has 0 bridgehead atoms. The van der Waals surface area contributed by atoms with Gasteiger partial charge in [0.15, 0.2) is 6.10 Å². The lowest BCUT2D eigenvalue weighted by atomic mass is 10.1. The van der Waals surface area contributed by atoms with Crippen molar-refractivity contribution in [2.45, 2.75) is 309 Å². The van der Waals surface area contributed by atoms with Gasteiger partial charge in [-0.05, 0) is 96.3 Å². The molecule has 0 spiro atoms. The van der Waals surface area contributed by atoms with E-state index >= 15 is 0 Å². The van der Waals surface area contributed by atoms with Gasteiger partial charge < -0.3 is 14.2 Å². The van der Waals surface area contributed by atoms with Crippen LogP contribution in [0.3, 0.4) is 0 Å². The van der Waals surface area contributed by atoms with Crippen LogP contribution in [0.1, 0.15) is 303 Å². The van der Waals surface area contributed by atoms with Gasteiger partial charge in [-0.3, -0.25) is 14.4 Å². The molecular formula is C59H108O6. The van der Waals surface area contributed by atoms with Crippen molar-refractivity contribution < 1.29 is 28.6 Å².